The summed E-state index contributed by atoms with van der Waals surface area (Å²) in [7, 11) is 11.6. The molecular formula is C19H19Cl2CoN3+. The zero-order valence-corrected chi connectivity index (χ0v) is 16.4. The van der Waals surface area contributed by atoms with Crippen molar-refractivity contribution in [1.82, 2.24) is 4.90 Å². The van der Waals surface area contributed by atoms with E-state index in [0.717, 1.165) is 37.3 Å². The molecule has 25 heavy (non-hydrogen) atoms. The average Bonchev–Trinajstić information content (AvgIpc) is 3.17. The summed E-state index contributed by atoms with van der Waals surface area (Å²) in [5, 5.41) is 0. The fourth-order valence-electron chi connectivity index (χ4n) is 3.26. The first-order valence-electron chi connectivity index (χ1n) is 8.00. The van der Waals surface area contributed by atoms with Crippen molar-refractivity contribution in [3.63, 3.8) is 0 Å². The van der Waals surface area contributed by atoms with Gasteiger partial charge in [0.05, 0.1) is 11.4 Å². The Hall–Kier alpha value is -1.17. The second-order valence-electron chi connectivity index (χ2n) is 6.19. The molecule has 0 amide bonds. The normalized spacial score (nSPS) is 14.6. The molecule has 0 radical (unpaired) electrons. The van der Waals surface area contributed by atoms with Crippen molar-refractivity contribution >= 4 is 43.1 Å². The molecule has 0 unspecified atom stereocenters. The Kier molecular flexibility index (Phi) is 6.68. The monoisotopic (exact) mass is 418 g/mol. The maximum absolute atomic E-state index is 4.74. The van der Waals surface area contributed by atoms with Crippen LogP contribution in [0.2, 0.25) is 0 Å². The number of halogens is 2. The molecule has 2 aliphatic rings. The van der Waals surface area contributed by atoms with Crippen LogP contribution in [0.1, 0.15) is 11.1 Å². The van der Waals surface area contributed by atoms with Gasteiger partial charge in [0.1, 0.15) is 0 Å². The van der Waals surface area contributed by atoms with E-state index in [0.29, 0.717) is 12.9 Å². The number of aliphatic imine (C=N–C) groups is 2. The van der Waals surface area contributed by atoms with E-state index in [1.165, 1.54) is 22.6 Å². The van der Waals surface area contributed by atoms with Crippen LogP contribution in [0.25, 0.3) is 0 Å². The topological polar surface area (TPSA) is 28.0 Å². The Morgan fingerprint density at radius 3 is 1.64 bits per heavy atom. The van der Waals surface area contributed by atoms with Crippen LogP contribution < -0.4 is 0 Å². The number of hydrogen-bond acceptors (Lipinski definition) is 3. The Morgan fingerprint density at radius 2 is 1.24 bits per heavy atom. The molecule has 0 aromatic heterocycles. The molecule has 0 aliphatic carbocycles. The molecule has 0 spiro atoms. The van der Waals surface area contributed by atoms with Crippen LogP contribution in [0.4, 0.5) is 11.4 Å². The van der Waals surface area contributed by atoms with E-state index in [1.54, 1.807) is 0 Å². The van der Waals surface area contributed by atoms with Gasteiger partial charge in [-0.15, -0.1) is 0 Å². The summed E-state index contributed by atoms with van der Waals surface area (Å²) in [6.07, 6.45) is 1.96. The third-order valence-corrected chi connectivity index (χ3v) is 4.23. The first-order valence-corrected chi connectivity index (χ1v) is 10.9. The van der Waals surface area contributed by atoms with E-state index in [2.05, 4.69) is 60.5 Å². The number of benzene rings is 2. The standard InChI is InChI=1S/C19H19N3.2ClH.Co/c1-22(12-16-10-14-6-2-4-8-18(14)20-16)13-17-11-15-7-3-5-9-19(15)21-17;;;/h2-9H,10-13H2,1H3;2*1H;/q;;;+3/p-2. The molecule has 0 fully saturated rings. The van der Waals surface area contributed by atoms with Gasteiger partial charge in [-0.2, -0.15) is 0 Å². The molecule has 3 nitrogen and oxygen atoms in total. The third-order valence-electron chi connectivity index (χ3n) is 4.23. The Balaban J connectivity index is 0.000000569. The van der Waals surface area contributed by atoms with Crippen molar-refractivity contribution in [3.8, 4) is 0 Å². The summed E-state index contributed by atoms with van der Waals surface area (Å²) in [6.45, 7) is 1.81. The SMILES string of the molecule is CN(CC1=Nc2ccccc2C1)CC1=Nc2ccccc2C1.[Cl][Co+][Cl]. The van der Waals surface area contributed by atoms with Crippen molar-refractivity contribution in [2.75, 3.05) is 20.1 Å². The summed E-state index contributed by atoms with van der Waals surface area (Å²) in [5.74, 6) is 0. The molecule has 0 bridgehead atoms. The van der Waals surface area contributed by atoms with E-state index in [9.17, 15) is 0 Å². The minimum absolute atomic E-state index is 0.382. The zero-order chi connectivity index (χ0) is 17.6. The van der Waals surface area contributed by atoms with Crippen molar-refractivity contribution in [2.45, 2.75) is 12.8 Å². The molecule has 2 heterocycles. The molecule has 0 atom stereocenters. The predicted octanol–water partition coefficient (Wildman–Crippen LogP) is 4.95. The van der Waals surface area contributed by atoms with Gasteiger partial charge in [0.15, 0.2) is 0 Å². The summed E-state index contributed by atoms with van der Waals surface area (Å²) in [4.78, 5) is 11.8. The zero-order valence-electron chi connectivity index (χ0n) is 13.9. The number of para-hydroxylation sites is 2. The number of nitrogens with zero attached hydrogens (tertiary/aromatic N) is 3. The summed E-state index contributed by atoms with van der Waals surface area (Å²) >= 11 is 0.382. The Bertz CT molecular complexity index is 739. The van der Waals surface area contributed by atoms with Crippen molar-refractivity contribution in [3.05, 3.63) is 59.7 Å². The summed E-state index contributed by atoms with van der Waals surface area (Å²) < 4.78 is 0. The van der Waals surface area contributed by atoms with Gasteiger partial charge < -0.3 is 0 Å². The fraction of sp³-hybridized carbons (Fsp3) is 0.263. The fourth-order valence-corrected chi connectivity index (χ4v) is 3.26. The minimum atomic E-state index is 0.382. The van der Waals surface area contributed by atoms with Gasteiger partial charge in [0.25, 0.3) is 0 Å². The molecular weight excluding hydrogens is 400 g/mol. The van der Waals surface area contributed by atoms with E-state index in [-0.39, 0.29) is 0 Å². The molecule has 132 valence electrons. The second kappa shape index (κ2) is 8.97. The molecule has 2 aliphatic heterocycles. The van der Waals surface area contributed by atoms with Crippen molar-refractivity contribution < 1.29 is 12.9 Å². The van der Waals surface area contributed by atoms with Gasteiger partial charge in [0.2, 0.25) is 0 Å². The number of rotatable bonds is 4. The molecule has 6 heteroatoms. The molecule has 0 saturated heterocycles. The third kappa shape index (κ3) is 4.93. The van der Waals surface area contributed by atoms with Gasteiger partial charge in [-0.1, -0.05) is 36.4 Å². The van der Waals surface area contributed by atoms with Crippen LogP contribution >= 0.6 is 20.3 Å². The summed E-state index contributed by atoms with van der Waals surface area (Å²) in [5.41, 5.74) is 7.46. The van der Waals surface area contributed by atoms with Crippen LogP contribution in [-0.2, 0) is 25.7 Å². The predicted molar refractivity (Wildman–Crippen MR) is 104 cm³/mol. The quantitative estimate of drug-likeness (QED) is 0.689. The van der Waals surface area contributed by atoms with Gasteiger partial charge >= 0.3 is 33.2 Å². The van der Waals surface area contributed by atoms with Crippen LogP contribution in [0.5, 0.6) is 0 Å². The van der Waals surface area contributed by atoms with Crippen LogP contribution in [0.15, 0.2) is 58.5 Å². The number of hydrogen-bond donors (Lipinski definition) is 0. The van der Waals surface area contributed by atoms with Gasteiger partial charge in [0, 0.05) is 37.4 Å². The Morgan fingerprint density at radius 1 is 0.840 bits per heavy atom. The second-order valence-corrected chi connectivity index (χ2v) is 7.91. The van der Waals surface area contributed by atoms with E-state index in [1.807, 2.05) is 0 Å². The van der Waals surface area contributed by atoms with Gasteiger partial charge in [-0.05, 0) is 30.3 Å². The molecule has 2 aromatic carbocycles. The van der Waals surface area contributed by atoms with E-state index in [4.69, 9.17) is 30.3 Å². The molecule has 2 aromatic rings. The van der Waals surface area contributed by atoms with Crippen LogP contribution in [0, 0.1) is 0 Å². The van der Waals surface area contributed by atoms with Crippen LogP contribution in [-0.4, -0.2) is 36.5 Å². The first-order chi connectivity index (χ1) is 12.2. The molecule has 0 N–H and O–H groups in total. The average molecular weight is 419 g/mol. The van der Waals surface area contributed by atoms with Crippen LogP contribution in [0.3, 0.4) is 0 Å². The molecule has 0 saturated carbocycles. The number of fused-ring (bicyclic) bond motifs is 2. The maximum atomic E-state index is 4.74. The van der Waals surface area contributed by atoms with Crippen molar-refractivity contribution in [2.24, 2.45) is 9.98 Å². The van der Waals surface area contributed by atoms with E-state index < -0.39 is 0 Å². The van der Waals surface area contributed by atoms with Gasteiger partial charge in [-0.3, -0.25) is 14.9 Å². The molecule has 4 rings (SSSR count). The first kappa shape index (κ1) is 18.6. The van der Waals surface area contributed by atoms with E-state index >= 15 is 0 Å². The Labute approximate surface area is 163 Å². The van der Waals surface area contributed by atoms with Crippen molar-refractivity contribution in [1.29, 1.82) is 0 Å². The van der Waals surface area contributed by atoms with Gasteiger partial charge in [-0.25, -0.2) is 0 Å². The summed E-state index contributed by atoms with van der Waals surface area (Å²) in [6, 6.07) is 16.8.